The number of anilines is 2. The molecule has 1 aliphatic rings. The fraction of sp³-hybridized carbons (Fsp3) is 0.333. The zero-order valence-corrected chi connectivity index (χ0v) is 16.7. The highest BCUT2D eigenvalue weighted by Crippen LogP contribution is 2.30. The number of carbonyl (C=O) groups excluding carboxylic acids is 1. The lowest BCUT2D eigenvalue weighted by atomic mass is 10.1. The number of ether oxygens (including phenoxy) is 1. The summed E-state index contributed by atoms with van der Waals surface area (Å²) < 4.78 is 7.27. The minimum Gasteiger partial charge on any atom is -0.378 e. The van der Waals surface area contributed by atoms with Crippen molar-refractivity contribution in [2.24, 2.45) is 0 Å². The van der Waals surface area contributed by atoms with Gasteiger partial charge in [-0.15, -0.1) is 0 Å². The second kappa shape index (κ2) is 8.50. The van der Waals surface area contributed by atoms with Gasteiger partial charge in [-0.1, -0.05) is 19.1 Å². The lowest BCUT2D eigenvalue weighted by Gasteiger charge is -2.28. The summed E-state index contributed by atoms with van der Waals surface area (Å²) in [5.41, 5.74) is 2.34. The van der Waals surface area contributed by atoms with Crippen molar-refractivity contribution in [1.29, 1.82) is 0 Å². The fourth-order valence-corrected chi connectivity index (χ4v) is 3.68. The predicted molar refractivity (Wildman–Crippen MR) is 114 cm³/mol. The number of fused-ring (bicyclic) bond motifs is 1. The Morgan fingerprint density at radius 3 is 2.73 bits per heavy atom. The van der Waals surface area contributed by atoms with Gasteiger partial charge in [-0.3, -0.25) is 20.2 Å². The first-order chi connectivity index (χ1) is 14.6. The van der Waals surface area contributed by atoms with Crippen LogP contribution in [0.2, 0.25) is 0 Å². The number of aromatic nitrogens is 2. The van der Waals surface area contributed by atoms with Crippen LogP contribution in [0.4, 0.5) is 17.3 Å². The van der Waals surface area contributed by atoms with Gasteiger partial charge >= 0.3 is 0 Å². The Hall–Kier alpha value is -3.46. The number of benzene rings is 2. The maximum Gasteiger partial charge on any atom is 0.293 e. The molecule has 156 valence electrons. The number of nitrogens with one attached hydrogen (secondary N) is 1. The average Bonchev–Trinajstić information content (AvgIpc) is 3.11. The molecule has 30 heavy (non-hydrogen) atoms. The van der Waals surface area contributed by atoms with Crippen molar-refractivity contribution in [3.8, 4) is 0 Å². The number of hydrogen-bond acceptors (Lipinski definition) is 6. The van der Waals surface area contributed by atoms with E-state index in [9.17, 15) is 14.9 Å². The summed E-state index contributed by atoms with van der Waals surface area (Å²) in [6.45, 7) is 4.95. The van der Waals surface area contributed by atoms with E-state index in [0.717, 1.165) is 17.5 Å². The topological polar surface area (TPSA) is 103 Å². The Labute approximate surface area is 173 Å². The van der Waals surface area contributed by atoms with Gasteiger partial charge < -0.3 is 14.2 Å². The molecule has 2 aromatic carbocycles. The summed E-state index contributed by atoms with van der Waals surface area (Å²) in [5, 5.41) is 14.5. The highest BCUT2D eigenvalue weighted by atomic mass is 16.6. The third-order valence-corrected chi connectivity index (χ3v) is 5.11. The Balaban J connectivity index is 1.64. The molecule has 0 radical (unpaired) electrons. The normalized spacial score (nSPS) is 14.1. The number of amides is 1. The van der Waals surface area contributed by atoms with Gasteiger partial charge in [0.25, 0.3) is 11.6 Å². The molecule has 0 atom stereocenters. The first-order valence-corrected chi connectivity index (χ1v) is 9.96. The first-order valence-electron chi connectivity index (χ1n) is 9.96. The van der Waals surface area contributed by atoms with E-state index in [0.29, 0.717) is 44.5 Å². The van der Waals surface area contributed by atoms with Crippen LogP contribution in [0.5, 0.6) is 0 Å². The molecule has 2 heterocycles. The Kier molecular flexibility index (Phi) is 5.62. The predicted octanol–water partition coefficient (Wildman–Crippen LogP) is 3.44. The van der Waals surface area contributed by atoms with Crippen LogP contribution in [0, 0.1) is 10.1 Å². The van der Waals surface area contributed by atoms with Crippen LogP contribution < -0.4 is 10.2 Å². The molecule has 1 amide bonds. The van der Waals surface area contributed by atoms with Crippen LogP contribution in [0.1, 0.15) is 23.7 Å². The number of imidazole rings is 1. The average molecular weight is 409 g/mol. The minimum atomic E-state index is -0.450. The van der Waals surface area contributed by atoms with E-state index in [4.69, 9.17) is 4.74 Å². The third-order valence-electron chi connectivity index (χ3n) is 5.11. The molecule has 1 aliphatic heterocycles. The number of morpholine rings is 1. The first kappa shape index (κ1) is 19.8. The molecule has 0 aliphatic carbocycles. The molecular formula is C21H23N5O4. The summed E-state index contributed by atoms with van der Waals surface area (Å²) in [7, 11) is 0. The van der Waals surface area contributed by atoms with Crippen molar-refractivity contribution < 1.29 is 14.5 Å². The van der Waals surface area contributed by atoms with E-state index < -0.39 is 10.8 Å². The van der Waals surface area contributed by atoms with Crippen molar-refractivity contribution in [3.05, 3.63) is 58.1 Å². The molecule has 0 bridgehead atoms. The van der Waals surface area contributed by atoms with Crippen LogP contribution in [-0.2, 0) is 11.3 Å². The maximum atomic E-state index is 12.9. The molecule has 1 aromatic heterocycles. The van der Waals surface area contributed by atoms with Gasteiger partial charge in [0.15, 0.2) is 0 Å². The molecule has 1 fully saturated rings. The molecule has 0 saturated carbocycles. The summed E-state index contributed by atoms with van der Waals surface area (Å²) in [6, 6.07) is 12.2. The number of carbonyl (C=O) groups is 1. The standard InChI is InChI=1S/C21H23N5O4/c1-2-9-25-17-6-4-3-5-16(17)22-21(25)23-20(27)15-7-8-18(19(14-15)26(28)29)24-10-12-30-13-11-24/h3-8,14H,2,9-13H2,1H3,(H,22,23,27). The fourth-order valence-electron chi connectivity index (χ4n) is 3.68. The van der Waals surface area contributed by atoms with E-state index in [1.165, 1.54) is 6.07 Å². The largest absolute Gasteiger partial charge is 0.378 e. The van der Waals surface area contributed by atoms with Crippen LogP contribution in [-0.4, -0.2) is 46.7 Å². The van der Waals surface area contributed by atoms with Crippen molar-refractivity contribution in [2.45, 2.75) is 19.9 Å². The minimum absolute atomic E-state index is 0.0911. The molecule has 9 nitrogen and oxygen atoms in total. The van der Waals surface area contributed by atoms with Gasteiger partial charge in [0, 0.05) is 31.3 Å². The molecule has 3 aromatic rings. The van der Waals surface area contributed by atoms with Crippen molar-refractivity contribution in [3.63, 3.8) is 0 Å². The zero-order valence-electron chi connectivity index (χ0n) is 16.7. The Morgan fingerprint density at radius 1 is 1.23 bits per heavy atom. The van der Waals surface area contributed by atoms with Crippen molar-refractivity contribution >= 4 is 34.3 Å². The van der Waals surface area contributed by atoms with E-state index in [2.05, 4.69) is 10.3 Å². The number of nitro groups is 1. The maximum absolute atomic E-state index is 12.9. The van der Waals surface area contributed by atoms with E-state index in [1.54, 1.807) is 12.1 Å². The zero-order chi connectivity index (χ0) is 21.1. The van der Waals surface area contributed by atoms with Gasteiger partial charge in [-0.05, 0) is 30.7 Å². The van der Waals surface area contributed by atoms with E-state index >= 15 is 0 Å². The SMILES string of the molecule is CCCn1c(NC(=O)c2ccc(N3CCOCC3)c([N+](=O)[O-])c2)nc2ccccc21. The highest BCUT2D eigenvalue weighted by molar-refractivity contribution is 6.05. The van der Waals surface area contributed by atoms with Crippen LogP contribution in [0.3, 0.4) is 0 Å². The number of nitro benzene ring substituents is 1. The monoisotopic (exact) mass is 409 g/mol. The summed E-state index contributed by atoms with van der Waals surface area (Å²) in [4.78, 5) is 30.5. The number of nitrogens with zero attached hydrogens (tertiary/aromatic N) is 4. The third kappa shape index (κ3) is 3.84. The Morgan fingerprint density at radius 2 is 2.00 bits per heavy atom. The molecule has 1 saturated heterocycles. The van der Waals surface area contributed by atoms with E-state index in [1.807, 2.05) is 40.7 Å². The second-order valence-corrected chi connectivity index (χ2v) is 7.09. The van der Waals surface area contributed by atoms with Gasteiger partial charge in [-0.25, -0.2) is 4.98 Å². The smallest absolute Gasteiger partial charge is 0.293 e. The second-order valence-electron chi connectivity index (χ2n) is 7.09. The number of hydrogen-bond donors (Lipinski definition) is 1. The summed E-state index contributed by atoms with van der Waals surface area (Å²) in [5.74, 6) is 0.00208. The lowest BCUT2D eigenvalue weighted by Crippen LogP contribution is -2.36. The highest BCUT2D eigenvalue weighted by Gasteiger charge is 2.24. The molecule has 0 spiro atoms. The van der Waals surface area contributed by atoms with Crippen LogP contribution >= 0.6 is 0 Å². The van der Waals surface area contributed by atoms with Crippen LogP contribution in [0.25, 0.3) is 11.0 Å². The number of para-hydroxylation sites is 2. The van der Waals surface area contributed by atoms with Crippen molar-refractivity contribution in [2.75, 3.05) is 36.5 Å². The number of rotatable bonds is 6. The van der Waals surface area contributed by atoms with Gasteiger partial charge in [0.05, 0.1) is 29.2 Å². The molecule has 1 N–H and O–H groups in total. The van der Waals surface area contributed by atoms with Gasteiger partial charge in [0.1, 0.15) is 5.69 Å². The lowest BCUT2D eigenvalue weighted by molar-refractivity contribution is -0.384. The Bertz CT molecular complexity index is 1090. The molecule has 9 heteroatoms. The molecular weight excluding hydrogens is 386 g/mol. The molecule has 4 rings (SSSR count). The summed E-state index contributed by atoms with van der Waals surface area (Å²) in [6.07, 6.45) is 0.878. The van der Waals surface area contributed by atoms with Crippen molar-refractivity contribution in [1.82, 2.24) is 9.55 Å². The van der Waals surface area contributed by atoms with Crippen LogP contribution in [0.15, 0.2) is 42.5 Å². The van der Waals surface area contributed by atoms with Gasteiger partial charge in [-0.2, -0.15) is 0 Å². The van der Waals surface area contributed by atoms with Gasteiger partial charge in [0.2, 0.25) is 5.95 Å². The van der Waals surface area contributed by atoms with E-state index in [-0.39, 0.29) is 11.3 Å². The number of aryl methyl sites for hydroxylation is 1. The molecule has 0 unspecified atom stereocenters. The quantitative estimate of drug-likeness (QED) is 0.494. The summed E-state index contributed by atoms with van der Waals surface area (Å²) >= 11 is 0.